The molecule has 1 heterocycles. The van der Waals surface area contributed by atoms with E-state index < -0.39 is 23.4 Å². The molecule has 0 unspecified atom stereocenters. The van der Waals surface area contributed by atoms with Crippen molar-refractivity contribution in [3.05, 3.63) is 84.4 Å². The van der Waals surface area contributed by atoms with Crippen molar-refractivity contribution in [2.45, 2.75) is 0 Å². The first-order valence-electron chi connectivity index (χ1n) is 8.19. The van der Waals surface area contributed by atoms with E-state index in [1.54, 1.807) is 30.3 Å². The number of rotatable bonds is 7. The Labute approximate surface area is 164 Å². The summed E-state index contributed by atoms with van der Waals surface area (Å²) in [6.45, 7) is 0. The van der Waals surface area contributed by atoms with Gasteiger partial charge in [0, 0.05) is 0 Å². The fourth-order valence-electron chi connectivity index (χ4n) is 2.20. The largest absolute Gasteiger partial charge is 0.503 e. The number of benzene rings is 2. The van der Waals surface area contributed by atoms with Crippen LogP contribution in [-0.4, -0.2) is 23.0 Å². The first-order valence-corrected chi connectivity index (χ1v) is 8.19. The van der Waals surface area contributed by atoms with Crippen LogP contribution < -0.4 is 9.62 Å². The normalized spacial score (nSPS) is 10.9. The topological polar surface area (TPSA) is 79.8 Å². The first-order chi connectivity index (χ1) is 14.1. The van der Waals surface area contributed by atoms with Gasteiger partial charge in [-0.1, -0.05) is 36.4 Å². The number of aromatic nitrogens is 2. The maximum Gasteiger partial charge on any atom is 0.389 e. The van der Waals surface area contributed by atoms with Crippen LogP contribution in [0.3, 0.4) is 0 Å². The molecule has 3 aromatic rings. The molecular weight excluding hydrogens is 386 g/mol. The van der Waals surface area contributed by atoms with E-state index in [0.717, 1.165) is 24.5 Å². The maximum atomic E-state index is 13.7. The van der Waals surface area contributed by atoms with E-state index in [-0.39, 0.29) is 17.3 Å². The third kappa shape index (κ3) is 5.04. The summed E-state index contributed by atoms with van der Waals surface area (Å²) < 4.78 is 37.4. The summed E-state index contributed by atoms with van der Waals surface area (Å²) in [5.74, 6) is -3.73. The average Bonchev–Trinajstić information content (AvgIpc) is 2.74. The van der Waals surface area contributed by atoms with Crippen LogP contribution in [0.4, 0.5) is 8.78 Å². The van der Waals surface area contributed by atoms with Crippen LogP contribution in [0.2, 0.25) is 0 Å². The Balaban J connectivity index is 1.70. The van der Waals surface area contributed by atoms with Crippen LogP contribution in [0.25, 0.3) is 5.57 Å². The lowest BCUT2D eigenvalue weighted by atomic mass is 10.1. The Hall–Kier alpha value is -4.01. The van der Waals surface area contributed by atoms with Crippen molar-refractivity contribution in [2.75, 3.05) is 7.11 Å². The van der Waals surface area contributed by atoms with Gasteiger partial charge in [-0.15, -0.1) is 0 Å². The van der Waals surface area contributed by atoms with Crippen LogP contribution >= 0.6 is 0 Å². The molecule has 0 radical (unpaired) electrons. The van der Waals surface area contributed by atoms with E-state index in [2.05, 4.69) is 9.97 Å². The van der Waals surface area contributed by atoms with Gasteiger partial charge in [-0.3, -0.25) is 4.89 Å². The highest BCUT2D eigenvalue weighted by atomic mass is 19.1. The van der Waals surface area contributed by atoms with Crippen molar-refractivity contribution in [3.8, 4) is 17.5 Å². The second-order valence-electron chi connectivity index (χ2n) is 5.43. The first kappa shape index (κ1) is 19.7. The minimum Gasteiger partial charge on any atom is -0.503 e. The maximum absolute atomic E-state index is 13.7. The highest BCUT2D eigenvalue weighted by molar-refractivity contribution is 6.15. The Morgan fingerprint density at radius 2 is 1.66 bits per heavy atom. The van der Waals surface area contributed by atoms with Gasteiger partial charge in [0.15, 0.2) is 11.6 Å². The Morgan fingerprint density at radius 3 is 2.34 bits per heavy atom. The lowest BCUT2D eigenvalue weighted by molar-refractivity contribution is -0.207. The molecular formula is C20H14F2N2O5. The molecule has 0 aliphatic rings. The quantitative estimate of drug-likeness (QED) is 0.256. The second kappa shape index (κ2) is 9.27. The SMILES string of the molecule is COC=C(C(=O)OOc1cc(Oc2c(F)cccc2F)ncn1)c1ccccc1. The van der Waals surface area contributed by atoms with Crippen LogP contribution in [-0.2, 0) is 14.4 Å². The third-order valence-corrected chi connectivity index (χ3v) is 3.49. The van der Waals surface area contributed by atoms with Gasteiger partial charge in [0.05, 0.1) is 19.4 Å². The molecule has 148 valence electrons. The van der Waals surface area contributed by atoms with Gasteiger partial charge in [0.1, 0.15) is 11.9 Å². The molecule has 0 aliphatic carbocycles. The molecule has 0 aliphatic heterocycles. The number of carbonyl (C=O) groups excluding carboxylic acids is 1. The smallest absolute Gasteiger partial charge is 0.389 e. The highest BCUT2D eigenvalue weighted by Gasteiger charge is 2.17. The summed E-state index contributed by atoms with van der Waals surface area (Å²) in [7, 11) is 1.38. The fraction of sp³-hybridized carbons (Fsp3) is 0.0500. The van der Waals surface area contributed by atoms with Crippen LogP contribution in [0, 0.1) is 11.6 Å². The molecule has 3 rings (SSSR count). The zero-order chi connectivity index (χ0) is 20.6. The van der Waals surface area contributed by atoms with Gasteiger partial charge in [-0.25, -0.2) is 23.4 Å². The number of para-hydroxylation sites is 1. The number of hydrogen-bond acceptors (Lipinski definition) is 7. The van der Waals surface area contributed by atoms with Crippen LogP contribution in [0.1, 0.15) is 5.56 Å². The molecule has 0 spiro atoms. The fourth-order valence-corrected chi connectivity index (χ4v) is 2.20. The summed E-state index contributed by atoms with van der Waals surface area (Å²) in [6.07, 6.45) is 2.22. The van der Waals surface area contributed by atoms with Crippen molar-refractivity contribution in [1.82, 2.24) is 9.97 Å². The van der Waals surface area contributed by atoms with Gasteiger partial charge >= 0.3 is 5.97 Å². The van der Waals surface area contributed by atoms with Crippen molar-refractivity contribution in [1.29, 1.82) is 0 Å². The van der Waals surface area contributed by atoms with E-state index in [9.17, 15) is 13.6 Å². The standard InChI is InChI=1S/C20H14F2N2O5/c1-26-11-14(13-6-3-2-4-7-13)20(25)29-28-18-10-17(23-12-24-18)27-19-15(21)8-5-9-16(19)22/h2-12H,1H3. The Kier molecular flexibility index (Phi) is 6.31. The van der Waals surface area contributed by atoms with Gasteiger partial charge < -0.3 is 9.47 Å². The predicted molar refractivity (Wildman–Crippen MR) is 96.6 cm³/mol. The Morgan fingerprint density at radius 1 is 0.966 bits per heavy atom. The van der Waals surface area contributed by atoms with E-state index >= 15 is 0 Å². The van der Waals surface area contributed by atoms with Gasteiger partial charge in [-0.2, -0.15) is 4.98 Å². The number of nitrogens with zero attached hydrogens (tertiary/aromatic N) is 2. The molecule has 9 heteroatoms. The van der Waals surface area contributed by atoms with Crippen molar-refractivity contribution in [2.24, 2.45) is 0 Å². The molecule has 29 heavy (non-hydrogen) atoms. The van der Waals surface area contributed by atoms with Crippen molar-refractivity contribution >= 4 is 11.5 Å². The number of ether oxygens (including phenoxy) is 2. The number of halogens is 2. The highest BCUT2D eigenvalue weighted by Crippen LogP contribution is 2.27. The van der Waals surface area contributed by atoms with E-state index in [1.165, 1.54) is 19.4 Å². The molecule has 0 N–H and O–H groups in total. The summed E-state index contributed by atoms with van der Waals surface area (Å²) in [5.41, 5.74) is 0.650. The molecule has 0 fully saturated rings. The lowest BCUT2D eigenvalue weighted by Crippen LogP contribution is -2.11. The van der Waals surface area contributed by atoms with Crippen LogP contribution in [0.15, 0.2) is 67.2 Å². The summed E-state index contributed by atoms with van der Waals surface area (Å²) in [5, 5.41) is 0. The zero-order valence-electron chi connectivity index (χ0n) is 15.0. The minimum atomic E-state index is -0.908. The molecule has 0 atom stereocenters. The molecule has 1 aromatic heterocycles. The number of methoxy groups -OCH3 is 1. The Bertz CT molecular complexity index is 1010. The zero-order valence-corrected chi connectivity index (χ0v) is 15.0. The van der Waals surface area contributed by atoms with E-state index in [1.807, 2.05) is 0 Å². The monoisotopic (exact) mass is 400 g/mol. The van der Waals surface area contributed by atoms with Gasteiger partial charge in [-0.05, 0) is 17.7 Å². The van der Waals surface area contributed by atoms with E-state index in [0.29, 0.717) is 5.56 Å². The minimum absolute atomic E-state index is 0.104. The molecule has 0 saturated carbocycles. The number of carbonyl (C=O) groups is 1. The number of hydrogen-bond donors (Lipinski definition) is 0. The molecule has 0 bridgehead atoms. The van der Waals surface area contributed by atoms with Crippen LogP contribution in [0.5, 0.6) is 17.5 Å². The van der Waals surface area contributed by atoms with Crippen molar-refractivity contribution < 1.29 is 32.8 Å². The molecule has 0 amide bonds. The summed E-state index contributed by atoms with van der Waals surface area (Å²) in [4.78, 5) is 29.4. The van der Waals surface area contributed by atoms with Crippen molar-refractivity contribution in [3.63, 3.8) is 0 Å². The third-order valence-electron chi connectivity index (χ3n) is 3.49. The predicted octanol–water partition coefficient (Wildman–Crippen LogP) is 4.07. The second-order valence-corrected chi connectivity index (χ2v) is 5.43. The van der Waals surface area contributed by atoms with Gasteiger partial charge in [0.25, 0.3) is 5.88 Å². The molecule has 2 aromatic carbocycles. The average molecular weight is 400 g/mol. The lowest BCUT2D eigenvalue weighted by Gasteiger charge is -2.09. The summed E-state index contributed by atoms with van der Waals surface area (Å²) in [6, 6.07) is 13.0. The van der Waals surface area contributed by atoms with Gasteiger partial charge in [0.2, 0.25) is 11.6 Å². The summed E-state index contributed by atoms with van der Waals surface area (Å²) >= 11 is 0. The van der Waals surface area contributed by atoms with E-state index in [4.69, 9.17) is 19.2 Å². The molecule has 7 nitrogen and oxygen atoms in total. The molecule has 0 saturated heterocycles.